The number of rotatable bonds is 19. The Labute approximate surface area is 186 Å². The lowest BCUT2D eigenvalue weighted by Crippen LogP contribution is -2.24. The molecule has 7 nitrogen and oxygen atoms in total. The minimum atomic E-state index is -4.88. The molecule has 0 heterocycles. The lowest BCUT2D eigenvalue weighted by Gasteiger charge is -2.18. The fraction of sp³-hybridized carbons (Fsp3) is 0.609. The maximum absolute atomic E-state index is 11.5. The van der Waals surface area contributed by atoms with Crippen molar-refractivity contribution in [3.63, 3.8) is 0 Å². The SMILES string of the molecule is CCCCCC=CCC=CCC=CCC=CCCCC(=O)OC[C@@H](O)COP(=O)([O-])O. The van der Waals surface area contributed by atoms with Crippen molar-refractivity contribution in [3.8, 4) is 0 Å². The Bertz CT molecular complexity index is 605. The highest BCUT2D eigenvalue weighted by molar-refractivity contribution is 7.44. The number of hydrogen-bond acceptors (Lipinski definition) is 6. The Kier molecular flexibility index (Phi) is 19.4. The Balaban J connectivity index is 3.60. The van der Waals surface area contributed by atoms with E-state index in [0.29, 0.717) is 6.42 Å². The molecule has 0 bridgehead atoms. The van der Waals surface area contributed by atoms with Gasteiger partial charge in [-0.3, -0.25) is 9.36 Å². The van der Waals surface area contributed by atoms with Crippen LogP contribution in [-0.4, -0.2) is 35.3 Å². The number of carbonyl (C=O) groups excluding carboxylic acids is 1. The maximum atomic E-state index is 11.5. The molecule has 0 aliphatic rings. The summed E-state index contributed by atoms with van der Waals surface area (Å²) in [6, 6.07) is 0. The van der Waals surface area contributed by atoms with Crippen LogP contribution in [0, 0.1) is 0 Å². The van der Waals surface area contributed by atoms with E-state index in [4.69, 9.17) is 9.63 Å². The van der Waals surface area contributed by atoms with Crippen LogP contribution in [0.5, 0.6) is 0 Å². The van der Waals surface area contributed by atoms with E-state index in [9.17, 15) is 19.4 Å². The van der Waals surface area contributed by atoms with Crippen LogP contribution in [0.4, 0.5) is 0 Å². The van der Waals surface area contributed by atoms with Gasteiger partial charge < -0.3 is 24.2 Å². The van der Waals surface area contributed by atoms with Crippen LogP contribution < -0.4 is 4.89 Å². The van der Waals surface area contributed by atoms with Crippen LogP contribution in [0.2, 0.25) is 0 Å². The standard InChI is InChI=1S/C23H39O7P/c1-2-3-4-5-6-7-8-9-10-11-12-13-14-15-16-17-18-19-23(25)29-20-22(24)21-30-31(26,27)28/h6-7,9-10,12-13,15-16,22,24H,2-5,8,11,14,17-21H2,1H3,(H2,26,27,28)/p-1/t22-/m1/s1. The Hall–Kier alpha value is -1.50. The van der Waals surface area contributed by atoms with Gasteiger partial charge in [0.2, 0.25) is 0 Å². The second-order valence-electron chi connectivity index (χ2n) is 7.08. The summed E-state index contributed by atoms with van der Waals surface area (Å²) in [6.45, 7) is 1.17. The molecule has 0 aliphatic heterocycles. The average Bonchev–Trinajstić information content (AvgIpc) is 2.72. The van der Waals surface area contributed by atoms with Crippen LogP contribution >= 0.6 is 7.82 Å². The molecule has 178 valence electrons. The maximum Gasteiger partial charge on any atom is 0.305 e. The van der Waals surface area contributed by atoms with E-state index in [0.717, 1.165) is 25.7 Å². The molecule has 0 fully saturated rings. The topological polar surface area (TPSA) is 116 Å². The first-order chi connectivity index (χ1) is 14.8. The van der Waals surface area contributed by atoms with Gasteiger partial charge in [0.05, 0.1) is 6.61 Å². The highest BCUT2D eigenvalue weighted by Crippen LogP contribution is 2.30. The minimum Gasteiger partial charge on any atom is -0.756 e. The summed E-state index contributed by atoms with van der Waals surface area (Å²) < 4.78 is 19.2. The van der Waals surface area contributed by atoms with Crippen molar-refractivity contribution >= 4 is 13.8 Å². The Morgan fingerprint density at radius 2 is 1.42 bits per heavy atom. The van der Waals surface area contributed by atoms with Gasteiger partial charge in [-0.15, -0.1) is 0 Å². The number of esters is 1. The molecule has 8 heteroatoms. The summed E-state index contributed by atoms with van der Waals surface area (Å²) in [5, 5.41) is 9.38. The molecule has 2 N–H and O–H groups in total. The third-order valence-corrected chi connectivity index (χ3v) is 4.55. The highest BCUT2D eigenvalue weighted by atomic mass is 31.2. The van der Waals surface area contributed by atoms with Crippen molar-refractivity contribution in [2.24, 2.45) is 0 Å². The molecule has 1 unspecified atom stereocenters. The van der Waals surface area contributed by atoms with Crippen molar-refractivity contribution in [3.05, 3.63) is 48.6 Å². The second-order valence-corrected chi connectivity index (χ2v) is 8.28. The third-order valence-electron chi connectivity index (χ3n) is 4.08. The molecule has 0 rings (SSSR count). The van der Waals surface area contributed by atoms with Crippen LogP contribution in [0.25, 0.3) is 0 Å². The number of allylic oxidation sites excluding steroid dienone is 8. The number of unbranched alkanes of at least 4 members (excludes halogenated alkanes) is 4. The number of ether oxygens (including phenoxy) is 1. The van der Waals surface area contributed by atoms with Crippen molar-refractivity contribution in [2.45, 2.75) is 77.2 Å². The van der Waals surface area contributed by atoms with E-state index in [2.05, 4.69) is 47.9 Å². The van der Waals surface area contributed by atoms with Gasteiger partial charge in [-0.2, -0.15) is 0 Å². The molecule has 0 aromatic carbocycles. The first-order valence-corrected chi connectivity index (χ1v) is 12.5. The zero-order chi connectivity index (χ0) is 23.2. The summed E-state index contributed by atoms with van der Waals surface area (Å²) in [5.41, 5.74) is 0. The van der Waals surface area contributed by atoms with E-state index in [1.807, 2.05) is 12.2 Å². The fourth-order valence-corrected chi connectivity index (χ4v) is 2.78. The van der Waals surface area contributed by atoms with Gasteiger partial charge in [-0.1, -0.05) is 68.4 Å². The molecule has 0 spiro atoms. The molecule has 0 aliphatic carbocycles. The van der Waals surface area contributed by atoms with E-state index in [-0.39, 0.29) is 13.0 Å². The van der Waals surface area contributed by atoms with Gasteiger partial charge in [0, 0.05) is 6.42 Å². The number of phosphoric ester groups is 1. The highest BCUT2D eigenvalue weighted by Gasteiger charge is 2.11. The predicted octanol–water partition coefficient (Wildman–Crippen LogP) is 4.51. The fourth-order valence-electron chi connectivity index (χ4n) is 2.41. The monoisotopic (exact) mass is 457 g/mol. The zero-order valence-electron chi connectivity index (χ0n) is 18.6. The molecular weight excluding hydrogens is 419 g/mol. The lowest BCUT2D eigenvalue weighted by molar-refractivity contribution is -0.222. The van der Waals surface area contributed by atoms with Gasteiger partial charge in [0.1, 0.15) is 12.7 Å². The van der Waals surface area contributed by atoms with Crippen LogP contribution in [0.15, 0.2) is 48.6 Å². The van der Waals surface area contributed by atoms with Crippen molar-refractivity contribution in [2.75, 3.05) is 13.2 Å². The number of aliphatic hydroxyl groups is 1. The minimum absolute atomic E-state index is 0.200. The number of carbonyl (C=O) groups is 1. The van der Waals surface area contributed by atoms with E-state index < -0.39 is 26.5 Å². The van der Waals surface area contributed by atoms with Gasteiger partial charge >= 0.3 is 5.97 Å². The van der Waals surface area contributed by atoms with Gasteiger partial charge in [0.25, 0.3) is 7.82 Å². The normalized spacial score (nSPS) is 15.4. The van der Waals surface area contributed by atoms with Crippen LogP contribution in [0.1, 0.15) is 71.1 Å². The molecular formula is C23H38O7P-. The van der Waals surface area contributed by atoms with E-state index >= 15 is 0 Å². The molecule has 31 heavy (non-hydrogen) atoms. The van der Waals surface area contributed by atoms with Crippen LogP contribution in [0.3, 0.4) is 0 Å². The lowest BCUT2D eigenvalue weighted by atomic mass is 10.2. The summed E-state index contributed by atoms with van der Waals surface area (Å²) >= 11 is 0. The van der Waals surface area contributed by atoms with E-state index in [1.165, 1.54) is 25.7 Å². The van der Waals surface area contributed by atoms with Gasteiger partial charge in [0.15, 0.2) is 0 Å². The quantitative estimate of drug-likeness (QED) is 0.127. The Morgan fingerprint density at radius 3 is 1.94 bits per heavy atom. The average molecular weight is 458 g/mol. The molecule has 0 radical (unpaired) electrons. The first kappa shape index (κ1) is 29.5. The van der Waals surface area contributed by atoms with Crippen LogP contribution in [-0.2, 0) is 18.6 Å². The van der Waals surface area contributed by atoms with Crippen molar-refractivity contribution in [1.29, 1.82) is 0 Å². The second kappa shape index (κ2) is 20.4. The summed E-state index contributed by atoms with van der Waals surface area (Å²) in [6.07, 6.45) is 25.1. The number of hydrogen-bond donors (Lipinski definition) is 2. The largest absolute Gasteiger partial charge is 0.756 e. The summed E-state index contributed by atoms with van der Waals surface area (Å²) in [5.74, 6) is -0.482. The Morgan fingerprint density at radius 1 is 0.903 bits per heavy atom. The van der Waals surface area contributed by atoms with Gasteiger partial charge in [-0.05, 0) is 44.9 Å². The smallest absolute Gasteiger partial charge is 0.305 e. The predicted molar refractivity (Wildman–Crippen MR) is 121 cm³/mol. The molecule has 0 saturated carbocycles. The molecule has 0 amide bonds. The number of aliphatic hydroxyl groups excluding tert-OH is 1. The van der Waals surface area contributed by atoms with Crippen molar-refractivity contribution < 1.29 is 33.5 Å². The molecule has 2 atom stereocenters. The summed E-state index contributed by atoms with van der Waals surface area (Å²) in [7, 11) is -4.88. The first-order valence-electron chi connectivity index (χ1n) is 11.0. The van der Waals surface area contributed by atoms with E-state index in [1.54, 1.807) is 0 Å². The van der Waals surface area contributed by atoms with Crippen molar-refractivity contribution in [1.82, 2.24) is 0 Å². The molecule has 0 saturated heterocycles. The zero-order valence-corrected chi connectivity index (χ0v) is 19.5. The molecule has 0 aromatic rings. The molecule has 0 aromatic heterocycles. The number of phosphoric acid groups is 1. The third kappa shape index (κ3) is 24.6. The summed E-state index contributed by atoms with van der Waals surface area (Å²) in [4.78, 5) is 30.3. The van der Waals surface area contributed by atoms with Gasteiger partial charge in [-0.25, -0.2) is 0 Å².